The fourth-order valence-corrected chi connectivity index (χ4v) is 2.09. The molecule has 1 aliphatic rings. The van der Waals surface area contributed by atoms with E-state index in [4.69, 9.17) is 4.74 Å². The van der Waals surface area contributed by atoms with E-state index in [0.717, 1.165) is 19.4 Å². The number of carboxylic acid groups (broad SMARTS) is 1. The molecule has 1 atom stereocenters. The van der Waals surface area contributed by atoms with Crippen molar-refractivity contribution in [1.29, 1.82) is 0 Å². The maximum atomic E-state index is 11.4. The van der Waals surface area contributed by atoms with E-state index in [2.05, 4.69) is 5.32 Å². The Bertz CT molecular complexity index is 243. The van der Waals surface area contributed by atoms with E-state index >= 15 is 0 Å². The van der Waals surface area contributed by atoms with Gasteiger partial charge in [0.1, 0.15) is 5.54 Å². The lowest BCUT2D eigenvalue weighted by atomic mass is 9.93. The third kappa shape index (κ3) is 2.93. The minimum Gasteiger partial charge on any atom is -0.480 e. The molecule has 0 spiro atoms. The summed E-state index contributed by atoms with van der Waals surface area (Å²) in [6.07, 6.45) is 2.01. The summed E-state index contributed by atoms with van der Waals surface area (Å²) in [5, 5.41) is 12.4. The molecular weight excluding hydrogens is 208 g/mol. The first-order valence-electron chi connectivity index (χ1n) is 5.66. The predicted octanol–water partition coefficient (Wildman–Crippen LogP) is 0.0174. The quantitative estimate of drug-likeness (QED) is 0.615. The zero-order chi connectivity index (χ0) is 12.2. The number of carboxylic acids is 1. The molecule has 0 aromatic carbocycles. The number of carbonyl (C=O) groups is 1. The van der Waals surface area contributed by atoms with Crippen molar-refractivity contribution in [3.8, 4) is 0 Å². The highest BCUT2D eigenvalue weighted by Gasteiger charge is 2.50. The van der Waals surface area contributed by atoms with Gasteiger partial charge in [-0.2, -0.15) is 0 Å². The van der Waals surface area contributed by atoms with E-state index in [9.17, 15) is 9.90 Å². The van der Waals surface area contributed by atoms with Crippen molar-refractivity contribution >= 4 is 5.97 Å². The Balaban J connectivity index is 2.59. The molecule has 1 fully saturated rings. The maximum absolute atomic E-state index is 11.4. The van der Waals surface area contributed by atoms with Gasteiger partial charge in [0.15, 0.2) is 0 Å². The van der Waals surface area contributed by atoms with Gasteiger partial charge in [0, 0.05) is 20.2 Å². The molecular formula is C11H22N2O3. The van der Waals surface area contributed by atoms with Crippen LogP contribution in [-0.4, -0.2) is 62.4 Å². The molecule has 5 nitrogen and oxygen atoms in total. The van der Waals surface area contributed by atoms with Crippen molar-refractivity contribution in [3.63, 3.8) is 0 Å². The third-order valence-corrected chi connectivity index (χ3v) is 3.30. The van der Waals surface area contributed by atoms with Crippen molar-refractivity contribution in [2.75, 3.05) is 40.9 Å². The molecule has 94 valence electrons. The number of likely N-dealkylation sites (N-methyl/N-ethyl adjacent to an activating group) is 2. The molecule has 0 bridgehead atoms. The standard InChI is InChI=1S/C11H22N2O3/c1-12-11(10(14)15,9-4-5-9)8-13(2)6-7-16-3/h9,12H,4-8H2,1-3H3,(H,14,15). The number of aliphatic carboxylic acids is 1. The third-order valence-electron chi connectivity index (χ3n) is 3.30. The van der Waals surface area contributed by atoms with Crippen LogP contribution in [0.15, 0.2) is 0 Å². The molecule has 0 radical (unpaired) electrons. The van der Waals surface area contributed by atoms with Gasteiger partial charge in [-0.25, -0.2) is 0 Å². The van der Waals surface area contributed by atoms with Gasteiger partial charge in [0.25, 0.3) is 0 Å². The Morgan fingerprint density at radius 2 is 2.25 bits per heavy atom. The van der Waals surface area contributed by atoms with Crippen LogP contribution in [0.4, 0.5) is 0 Å². The number of methoxy groups -OCH3 is 1. The summed E-state index contributed by atoms with van der Waals surface area (Å²) >= 11 is 0. The predicted molar refractivity (Wildman–Crippen MR) is 61.5 cm³/mol. The number of ether oxygens (including phenoxy) is 1. The minimum atomic E-state index is -0.789. The van der Waals surface area contributed by atoms with Crippen LogP contribution in [0.2, 0.25) is 0 Å². The van der Waals surface area contributed by atoms with E-state index < -0.39 is 11.5 Å². The summed E-state index contributed by atoms with van der Waals surface area (Å²) in [5.74, 6) is -0.484. The van der Waals surface area contributed by atoms with Crippen LogP contribution < -0.4 is 5.32 Å². The summed E-state index contributed by atoms with van der Waals surface area (Å²) in [4.78, 5) is 13.4. The highest BCUT2D eigenvalue weighted by Crippen LogP contribution is 2.40. The molecule has 0 aromatic heterocycles. The second-order valence-corrected chi connectivity index (χ2v) is 4.53. The van der Waals surface area contributed by atoms with Gasteiger partial charge >= 0.3 is 5.97 Å². The number of hydrogen-bond donors (Lipinski definition) is 2. The average Bonchev–Trinajstić information content (AvgIpc) is 3.06. The lowest BCUT2D eigenvalue weighted by Crippen LogP contribution is -2.59. The van der Waals surface area contributed by atoms with Crippen molar-refractivity contribution in [1.82, 2.24) is 10.2 Å². The molecule has 0 amide bonds. The first-order valence-corrected chi connectivity index (χ1v) is 5.66. The van der Waals surface area contributed by atoms with E-state index in [1.54, 1.807) is 14.2 Å². The van der Waals surface area contributed by atoms with Crippen molar-refractivity contribution in [2.45, 2.75) is 18.4 Å². The molecule has 16 heavy (non-hydrogen) atoms. The van der Waals surface area contributed by atoms with E-state index in [-0.39, 0.29) is 5.92 Å². The Morgan fingerprint density at radius 3 is 2.62 bits per heavy atom. The topological polar surface area (TPSA) is 61.8 Å². The van der Waals surface area contributed by atoms with Crippen molar-refractivity contribution in [3.05, 3.63) is 0 Å². The van der Waals surface area contributed by atoms with Crippen LogP contribution in [0.25, 0.3) is 0 Å². The smallest absolute Gasteiger partial charge is 0.325 e. The average molecular weight is 230 g/mol. The summed E-state index contributed by atoms with van der Waals surface area (Å²) in [6.45, 7) is 1.90. The zero-order valence-electron chi connectivity index (χ0n) is 10.3. The molecule has 1 aliphatic carbocycles. The summed E-state index contributed by atoms with van der Waals surface area (Å²) in [5.41, 5.74) is -0.789. The number of hydrogen-bond acceptors (Lipinski definition) is 4. The van der Waals surface area contributed by atoms with Crippen molar-refractivity contribution in [2.24, 2.45) is 5.92 Å². The molecule has 1 unspecified atom stereocenters. The fourth-order valence-electron chi connectivity index (χ4n) is 2.09. The Morgan fingerprint density at radius 1 is 1.62 bits per heavy atom. The highest BCUT2D eigenvalue weighted by molar-refractivity contribution is 5.80. The van der Waals surface area contributed by atoms with E-state index in [1.807, 2.05) is 11.9 Å². The largest absolute Gasteiger partial charge is 0.480 e. The van der Waals surface area contributed by atoms with E-state index in [0.29, 0.717) is 13.2 Å². The van der Waals surface area contributed by atoms with Gasteiger partial charge < -0.3 is 20.1 Å². The second kappa shape index (κ2) is 5.61. The van der Waals surface area contributed by atoms with Gasteiger partial charge in [0.2, 0.25) is 0 Å². The van der Waals surface area contributed by atoms with Gasteiger partial charge in [-0.1, -0.05) is 0 Å². The monoisotopic (exact) mass is 230 g/mol. The Hall–Kier alpha value is -0.650. The van der Waals surface area contributed by atoms with Crippen LogP contribution in [0.5, 0.6) is 0 Å². The number of nitrogens with one attached hydrogen (secondary N) is 1. The molecule has 0 aromatic rings. The molecule has 5 heteroatoms. The van der Waals surface area contributed by atoms with Crippen LogP contribution in [0.1, 0.15) is 12.8 Å². The summed E-state index contributed by atoms with van der Waals surface area (Å²) < 4.78 is 4.99. The van der Waals surface area contributed by atoms with Gasteiger partial charge in [0.05, 0.1) is 6.61 Å². The lowest BCUT2D eigenvalue weighted by molar-refractivity contribution is -0.146. The highest BCUT2D eigenvalue weighted by atomic mass is 16.5. The first-order chi connectivity index (χ1) is 7.56. The molecule has 0 saturated heterocycles. The second-order valence-electron chi connectivity index (χ2n) is 4.53. The van der Waals surface area contributed by atoms with Crippen LogP contribution in [-0.2, 0) is 9.53 Å². The van der Waals surface area contributed by atoms with Crippen molar-refractivity contribution < 1.29 is 14.6 Å². The van der Waals surface area contributed by atoms with Gasteiger partial charge in [-0.15, -0.1) is 0 Å². The summed E-state index contributed by atoms with van der Waals surface area (Å²) in [6, 6.07) is 0. The number of rotatable bonds is 8. The number of nitrogens with zero attached hydrogens (tertiary/aromatic N) is 1. The molecule has 0 heterocycles. The summed E-state index contributed by atoms with van der Waals surface area (Å²) in [7, 11) is 5.31. The minimum absolute atomic E-state index is 0.264. The zero-order valence-corrected chi connectivity index (χ0v) is 10.3. The first kappa shape index (κ1) is 13.4. The van der Waals surface area contributed by atoms with Gasteiger partial charge in [-0.05, 0) is 32.9 Å². The van der Waals surface area contributed by atoms with Crippen LogP contribution >= 0.6 is 0 Å². The van der Waals surface area contributed by atoms with Crippen LogP contribution in [0, 0.1) is 5.92 Å². The van der Waals surface area contributed by atoms with E-state index in [1.165, 1.54) is 0 Å². The molecule has 2 N–H and O–H groups in total. The lowest BCUT2D eigenvalue weighted by Gasteiger charge is -2.33. The maximum Gasteiger partial charge on any atom is 0.325 e. The fraction of sp³-hybridized carbons (Fsp3) is 0.909. The Kier molecular flexibility index (Phi) is 4.70. The Labute approximate surface area is 96.8 Å². The van der Waals surface area contributed by atoms with Crippen LogP contribution in [0.3, 0.4) is 0 Å². The normalized spacial score (nSPS) is 19.8. The SMILES string of the molecule is CNC(CN(C)CCOC)(C(=O)O)C1CC1. The van der Waals surface area contributed by atoms with Gasteiger partial charge in [-0.3, -0.25) is 4.79 Å². The molecule has 1 rings (SSSR count). The molecule has 0 aliphatic heterocycles. The molecule has 1 saturated carbocycles.